The number of halogens is 2. The maximum absolute atomic E-state index is 12.4. The molecule has 0 aliphatic rings. The Morgan fingerprint density at radius 3 is 1.78 bits per heavy atom. The summed E-state index contributed by atoms with van der Waals surface area (Å²) in [6.07, 6.45) is 0. The second-order valence-electron chi connectivity index (χ2n) is 3.98. The van der Waals surface area contributed by atoms with Gasteiger partial charge in [-0.25, -0.2) is 8.78 Å². The summed E-state index contributed by atoms with van der Waals surface area (Å²) in [6, 6.07) is 8.89. The summed E-state index contributed by atoms with van der Waals surface area (Å²) in [5, 5.41) is 8.73. The molecule has 0 aliphatic heterocycles. The van der Waals surface area contributed by atoms with Crippen LogP contribution >= 0.6 is 0 Å². The van der Waals surface area contributed by atoms with Crippen LogP contribution < -0.4 is 5.73 Å². The number of phenols is 1. The van der Waals surface area contributed by atoms with E-state index in [9.17, 15) is 8.78 Å². The third-order valence-electron chi connectivity index (χ3n) is 2.25. The molecule has 0 spiro atoms. The van der Waals surface area contributed by atoms with Crippen LogP contribution in [0.4, 0.5) is 14.5 Å². The Labute approximate surface area is 105 Å². The van der Waals surface area contributed by atoms with Gasteiger partial charge in [-0.1, -0.05) is 12.1 Å². The van der Waals surface area contributed by atoms with E-state index in [0.717, 1.165) is 11.1 Å². The fraction of sp³-hybridized carbons (Fsp3) is 0.143. The molecule has 0 saturated carbocycles. The summed E-state index contributed by atoms with van der Waals surface area (Å²) in [7, 11) is 0. The molecule has 0 bridgehead atoms. The van der Waals surface area contributed by atoms with Crippen LogP contribution in [0.3, 0.4) is 0 Å². The molecule has 2 rings (SSSR count). The average molecular weight is 251 g/mol. The highest BCUT2D eigenvalue weighted by atomic mass is 19.1. The summed E-state index contributed by atoms with van der Waals surface area (Å²) in [5.74, 6) is -1.20. The lowest BCUT2D eigenvalue weighted by Gasteiger charge is -1.95. The Bertz CT molecular complexity index is 492. The maximum atomic E-state index is 12.4. The molecule has 2 nitrogen and oxygen atoms in total. The van der Waals surface area contributed by atoms with Gasteiger partial charge in [-0.05, 0) is 49.2 Å². The molecule has 2 aromatic carbocycles. The first-order chi connectivity index (χ1) is 8.40. The van der Waals surface area contributed by atoms with Crippen molar-refractivity contribution in [3.63, 3.8) is 0 Å². The topological polar surface area (TPSA) is 46.2 Å². The minimum Gasteiger partial charge on any atom is -0.505 e. The number of phenolic OH excluding ortho intramolecular Hbond substituents is 1. The minimum atomic E-state index is -0.569. The Hall–Kier alpha value is -2.10. The number of hydrogen-bond acceptors (Lipinski definition) is 2. The van der Waals surface area contributed by atoms with Gasteiger partial charge in [0.2, 0.25) is 0 Å². The lowest BCUT2D eigenvalue weighted by molar-refractivity contribution is 0.432. The van der Waals surface area contributed by atoms with Crippen LogP contribution in [0.5, 0.6) is 5.75 Å². The Morgan fingerprint density at radius 1 is 0.889 bits per heavy atom. The lowest BCUT2D eigenvalue weighted by atomic mass is 10.2. The summed E-state index contributed by atoms with van der Waals surface area (Å²) < 4.78 is 24.6. The van der Waals surface area contributed by atoms with Crippen LogP contribution in [-0.4, -0.2) is 5.11 Å². The van der Waals surface area contributed by atoms with Gasteiger partial charge in [0.1, 0.15) is 5.82 Å². The number of nitrogen functional groups attached to an aromatic ring is 1. The monoisotopic (exact) mass is 251 g/mol. The van der Waals surface area contributed by atoms with E-state index in [-0.39, 0.29) is 17.3 Å². The highest BCUT2D eigenvalue weighted by Crippen LogP contribution is 2.15. The molecule has 3 N–H and O–H groups in total. The van der Waals surface area contributed by atoms with Crippen LogP contribution in [0.1, 0.15) is 11.1 Å². The third-order valence-corrected chi connectivity index (χ3v) is 2.25. The molecular formula is C14H15F2NO. The predicted octanol–water partition coefficient (Wildman–Crippen LogP) is 3.56. The van der Waals surface area contributed by atoms with Crippen LogP contribution in [0, 0.1) is 25.5 Å². The fourth-order valence-electron chi connectivity index (χ4n) is 1.29. The highest BCUT2D eigenvalue weighted by Gasteiger charge is 1.96. The molecule has 0 aromatic heterocycles. The normalized spacial score (nSPS) is 9.56. The van der Waals surface area contributed by atoms with Gasteiger partial charge >= 0.3 is 0 Å². The maximum Gasteiger partial charge on any atom is 0.164 e. The summed E-state index contributed by atoms with van der Waals surface area (Å²) in [4.78, 5) is 0. The summed E-state index contributed by atoms with van der Waals surface area (Å²) >= 11 is 0. The van der Waals surface area contributed by atoms with E-state index in [1.807, 2.05) is 6.92 Å². The van der Waals surface area contributed by atoms with Gasteiger partial charge < -0.3 is 10.8 Å². The molecule has 0 amide bonds. The number of anilines is 1. The summed E-state index contributed by atoms with van der Waals surface area (Å²) in [5.41, 5.74) is 7.30. The lowest BCUT2D eigenvalue weighted by Crippen LogP contribution is -1.89. The van der Waals surface area contributed by atoms with Gasteiger partial charge in [0.25, 0.3) is 0 Å². The number of aryl methyl sites for hydroxylation is 2. The van der Waals surface area contributed by atoms with Gasteiger partial charge in [0, 0.05) is 0 Å². The molecule has 4 heteroatoms. The average Bonchev–Trinajstić information content (AvgIpc) is 2.30. The zero-order valence-corrected chi connectivity index (χ0v) is 10.2. The third kappa shape index (κ3) is 4.05. The second kappa shape index (κ2) is 6.00. The quantitative estimate of drug-likeness (QED) is 0.703. The standard InChI is InChI=1S/C7H8FN.C7H7FO/c2*1-5-2-3-6(8)7(9)4-5/h2-4H,9H2,1H3;2-4,9H,1H3. The van der Waals surface area contributed by atoms with E-state index in [0.29, 0.717) is 0 Å². The Kier molecular flexibility index (Phi) is 4.66. The largest absolute Gasteiger partial charge is 0.505 e. The van der Waals surface area contributed by atoms with E-state index in [1.54, 1.807) is 25.1 Å². The predicted molar refractivity (Wildman–Crippen MR) is 68.4 cm³/mol. The molecule has 0 atom stereocenters. The van der Waals surface area contributed by atoms with Crippen LogP contribution in [0.2, 0.25) is 0 Å². The van der Waals surface area contributed by atoms with Crippen molar-refractivity contribution in [2.45, 2.75) is 13.8 Å². The molecule has 0 saturated heterocycles. The zero-order chi connectivity index (χ0) is 13.7. The molecule has 0 fully saturated rings. The molecule has 0 aliphatic carbocycles. The van der Waals surface area contributed by atoms with Gasteiger partial charge in [-0.3, -0.25) is 0 Å². The first-order valence-electron chi connectivity index (χ1n) is 5.37. The molecule has 0 radical (unpaired) electrons. The SMILES string of the molecule is Cc1ccc(F)c(N)c1.Cc1ccc(F)c(O)c1. The highest BCUT2D eigenvalue weighted by molar-refractivity contribution is 5.41. The number of benzene rings is 2. The van der Waals surface area contributed by atoms with E-state index in [4.69, 9.17) is 10.8 Å². The van der Waals surface area contributed by atoms with Crippen molar-refractivity contribution in [1.82, 2.24) is 0 Å². The number of nitrogens with two attached hydrogens (primary N) is 1. The minimum absolute atomic E-state index is 0.218. The van der Waals surface area contributed by atoms with Gasteiger partial charge in [-0.15, -0.1) is 0 Å². The van der Waals surface area contributed by atoms with Gasteiger partial charge in [0.05, 0.1) is 5.69 Å². The fourth-order valence-corrected chi connectivity index (χ4v) is 1.29. The van der Waals surface area contributed by atoms with Crippen molar-refractivity contribution in [3.05, 3.63) is 59.2 Å². The number of aromatic hydroxyl groups is 1. The first kappa shape index (κ1) is 14.0. The van der Waals surface area contributed by atoms with E-state index in [1.165, 1.54) is 18.2 Å². The van der Waals surface area contributed by atoms with Crippen molar-refractivity contribution < 1.29 is 13.9 Å². The van der Waals surface area contributed by atoms with Crippen molar-refractivity contribution >= 4 is 5.69 Å². The molecule has 0 heterocycles. The molecule has 96 valence electrons. The first-order valence-corrected chi connectivity index (χ1v) is 5.37. The van der Waals surface area contributed by atoms with E-state index < -0.39 is 5.82 Å². The Balaban J connectivity index is 0.000000180. The van der Waals surface area contributed by atoms with Crippen molar-refractivity contribution in [1.29, 1.82) is 0 Å². The van der Waals surface area contributed by atoms with Crippen LogP contribution in [0.15, 0.2) is 36.4 Å². The van der Waals surface area contributed by atoms with Gasteiger partial charge in [-0.2, -0.15) is 0 Å². The van der Waals surface area contributed by atoms with Gasteiger partial charge in [0.15, 0.2) is 11.6 Å². The van der Waals surface area contributed by atoms with E-state index >= 15 is 0 Å². The molecule has 2 aromatic rings. The Morgan fingerprint density at radius 2 is 1.39 bits per heavy atom. The van der Waals surface area contributed by atoms with Crippen molar-refractivity contribution in [2.24, 2.45) is 0 Å². The van der Waals surface area contributed by atoms with Crippen LogP contribution in [0.25, 0.3) is 0 Å². The zero-order valence-electron chi connectivity index (χ0n) is 10.2. The molecule has 18 heavy (non-hydrogen) atoms. The molecular weight excluding hydrogens is 236 g/mol. The van der Waals surface area contributed by atoms with E-state index in [2.05, 4.69) is 0 Å². The number of rotatable bonds is 0. The number of hydrogen-bond donors (Lipinski definition) is 2. The van der Waals surface area contributed by atoms with Crippen molar-refractivity contribution in [2.75, 3.05) is 5.73 Å². The smallest absolute Gasteiger partial charge is 0.164 e. The van der Waals surface area contributed by atoms with Crippen molar-refractivity contribution in [3.8, 4) is 5.75 Å². The molecule has 0 unspecified atom stereocenters. The second-order valence-corrected chi connectivity index (χ2v) is 3.98. The summed E-state index contributed by atoms with van der Waals surface area (Å²) in [6.45, 7) is 3.66. The van der Waals surface area contributed by atoms with Crippen LogP contribution in [-0.2, 0) is 0 Å².